The molecule has 0 radical (unpaired) electrons. The van der Waals surface area contributed by atoms with Gasteiger partial charge in [-0.3, -0.25) is 9.78 Å². The summed E-state index contributed by atoms with van der Waals surface area (Å²) in [6, 6.07) is 14.7. The molecule has 258 valence electrons. The van der Waals surface area contributed by atoms with Crippen LogP contribution in [0.4, 0.5) is 11.5 Å². The Morgan fingerprint density at radius 3 is 2.67 bits per heavy atom. The van der Waals surface area contributed by atoms with E-state index in [1.807, 2.05) is 48.0 Å². The van der Waals surface area contributed by atoms with Crippen LogP contribution in [0.3, 0.4) is 0 Å². The number of anilines is 2. The molecule has 1 amide bonds. The Bertz CT molecular complexity index is 1920. The Morgan fingerprint density at radius 2 is 1.90 bits per heavy atom. The number of pyridine rings is 1. The number of thiazole rings is 1. The molecule has 5 aromatic rings. The predicted molar refractivity (Wildman–Crippen MR) is 194 cm³/mol. The zero-order chi connectivity index (χ0) is 34.5. The van der Waals surface area contributed by atoms with E-state index in [9.17, 15) is 9.59 Å². The summed E-state index contributed by atoms with van der Waals surface area (Å²) in [6.07, 6.45) is 4.96. The Morgan fingerprint density at radius 1 is 1.08 bits per heavy atom. The predicted octanol–water partition coefficient (Wildman–Crippen LogP) is 6.84. The maximum absolute atomic E-state index is 13.4. The van der Waals surface area contributed by atoms with Crippen LogP contribution in [0.2, 0.25) is 25.7 Å². The van der Waals surface area contributed by atoms with Crippen molar-refractivity contribution in [2.45, 2.75) is 64.8 Å². The Kier molecular flexibility index (Phi) is 10.6. The van der Waals surface area contributed by atoms with Gasteiger partial charge < -0.3 is 24.9 Å². The topological polar surface area (TPSA) is 133 Å². The van der Waals surface area contributed by atoms with Crippen LogP contribution in [-0.4, -0.2) is 65.0 Å². The summed E-state index contributed by atoms with van der Waals surface area (Å²) in [5.74, 6) is -0.248. The standard InChI is InChI=1S/C35H43N7O5SSi/c1-23-6-12-30(25-9-13-31-28(16-25)38-21-48-31)42(20-23)47-35(44)34(43)39-29-19-36-18-27-32(29)41(22-46-14-15-49(3,4)5)40-33(27)37-17-24-7-10-26(45-2)11-8-24/h7-11,13,16,18-19,21,23,30H,6,12,14-15,17,20,22H2,1-5H3,(H,37,40)(H,39,43). The molecular weight excluding hydrogens is 659 g/mol. The molecule has 1 fully saturated rings. The van der Waals surface area contributed by atoms with Crippen molar-refractivity contribution in [2.24, 2.45) is 5.92 Å². The second-order valence-electron chi connectivity index (χ2n) is 13.7. The number of hydroxylamine groups is 2. The average molecular weight is 702 g/mol. The fourth-order valence-corrected chi connectivity index (χ4v) is 7.27. The van der Waals surface area contributed by atoms with Gasteiger partial charge in [-0.25, -0.2) is 14.5 Å². The number of hydrogen-bond donors (Lipinski definition) is 2. The molecule has 0 saturated carbocycles. The molecular formula is C35H43N7O5SSi. The Hall–Kier alpha value is -4.37. The van der Waals surface area contributed by atoms with Crippen molar-refractivity contribution in [3.8, 4) is 5.75 Å². The van der Waals surface area contributed by atoms with E-state index < -0.39 is 20.0 Å². The summed E-state index contributed by atoms with van der Waals surface area (Å²) < 4.78 is 14.1. The zero-order valence-electron chi connectivity index (χ0n) is 28.6. The number of piperidine rings is 1. The fourth-order valence-electron chi connectivity index (χ4n) is 5.85. The lowest BCUT2D eigenvalue weighted by molar-refractivity contribution is -0.212. The molecule has 49 heavy (non-hydrogen) atoms. The molecule has 1 saturated heterocycles. The quantitative estimate of drug-likeness (QED) is 0.0809. The highest BCUT2D eigenvalue weighted by atomic mass is 32.1. The monoisotopic (exact) mass is 701 g/mol. The van der Waals surface area contributed by atoms with Crippen molar-refractivity contribution in [1.82, 2.24) is 24.8 Å². The van der Waals surface area contributed by atoms with Crippen LogP contribution >= 0.6 is 11.3 Å². The molecule has 0 spiro atoms. The number of carbonyl (C=O) groups excluding carboxylic acids is 2. The number of aromatic nitrogens is 4. The van der Waals surface area contributed by atoms with Crippen LogP contribution in [0.25, 0.3) is 21.1 Å². The molecule has 1 aliphatic rings. The normalized spacial score (nSPS) is 16.9. The lowest BCUT2D eigenvalue weighted by Crippen LogP contribution is -2.41. The summed E-state index contributed by atoms with van der Waals surface area (Å²) in [7, 11) is 0.329. The third kappa shape index (κ3) is 8.44. The van der Waals surface area contributed by atoms with Crippen molar-refractivity contribution < 1.29 is 23.9 Å². The van der Waals surface area contributed by atoms with E-state index in [4.69, 9.17) is 19.4 Å². The smallest absolute Gasteiger partial charge is 0.416 e. The van der Waals surface area contributed by atoms with Gasteiger partial charge in [0.25, 0.3) is 0 Å². The van der Waals surface area contributed by atoms with E-state index >= 15 is 0 Å². The molecule has 14 heteroatoms. The summed E-state index contributed by atoms with van der Waals surface area (Å²) in [5.41, 5.74) is 5.68. The number of nitrogens with zero attached hydrogens (tertiary/aromatic N) is 5. The maximum atomic E-state index is 13.4. The van der Waals surface area contributed by atoms with Crippen LogP contribution in [0.1, 0.15) is 36.9 Å². The molecule has 6 rings (SSSR count). The van der Waals surface area contributed by atoms with E-state index in [0.717, 1.165) is 46.0 Å². The van der Waals surface area contributed by atoms with E-state index in [-0.39, 0.29) is 12.8 Å². The van der Waals surface area contributed by atoms with Gasteiger partial charge in [0.15, 0.2) is 5.82 Å². The minimum Gasteiger partial charge on any atom is -0.497 e. The number of nitrogens with one attached hydrogen (secondary N) is 2. The van der Waals surface area contributed by atoms with Gasteiger partial charge in [0, 0.05) is 34.0 Å². The van der Waals surface area contributed by atoms with Crippen LogP contribution in [-0.2, 0) is 32.4 Å². The molecule has 0 bridgehead atoms. The van der Waals surface area contributed by atoms with Crippen LogP contribution in [0, 0.1) is 5.92 Å². The lowest BCUT2D eigenvalue weighted by Gasteiger charge is -2.36. The molecule has 2 unspecified atom stereocenters. The van der Waals surface area contributed by atoms with Crippen molar-refractivity contribution in [1.29, 1.82) is 0 Å². The van der Waals surface area contributed by atoms with E-state index in [0.29, 0.717) is 48.0 Å². The molecule has 12 nitrogen and oxygen atoms in total. The van der Waals surface area contributed by atoms with Gasteiger partial charge in [-0.15, -0.1) is 16.4 Å². The summed E-state index contributed by atoms with van der Waals surface area (Å²) in [4.78, 5) is 41.4. The third-order valence-corrected chi connectivity index (χ3v) is 11.1. The minimum absolute atomic E-state index is 0.166. The van der Waals surface area contributed by atoms with Crippen LogP contribution < -0.4 is 15.4 Å². The first-order valence-electron chi connectivity index (χ1n) is 16.5. The van der Waals surface area contributed by atoms with Gasteiger partial charge in [0.2, 0.25) is 0 Å². The van der Waals surface area contributed by atoms with Crippen molar-refractivity contribution in [2.75, 3.05) is 30.9 Å². The van der Waals surface area contributed by atoms with Gasteiger partial charge in [0.1, 0.15) is 12.5 Å². The molecule has 2 atom stereocenters. The van der Waals surface area contributed by atoms with Gasteiger partial charge in [-0.05, 0) is 60.2 Å². The number of ether oxygens (including phenoxy) is 2. The number of fused-ring (bicyclic) bond motifs is 2. The minimum atomic E-state index is -1.31. The number of carbonyl (C=O) groups is 2. The largest absolute Gasteiger partial charge is 0.497 e. The maximum Gasteiger partial charge on any atom is 0.416 e. The van der Waals surface area contributed by atoms with Gasteiger partial charge in [-0.2, -0.15) is 5.10 Å². The summed E-state index contributed by atoms with van der Waals surface area (Å²) in [6.45, 7) is 10.8. The second kappa shape index (κ2) is 15.0. The highest BCUT2D eigenvalue weighted by molar-refractivity contribution is 7.16. The van der Waals surface area contributed by atoms with Gasteiger partial charge >= 0.3 is 11.9 Å². The first-order chi connectivity index (χ1) is 23.6. The van der Waals surface area contributed by atoms with Gasteiger partial charge in [0.05, 0.1) is 51.7 Å². The highest BCUT2D eigenvalue weighted by Gasteiger charge is 2.33. The molecule has 1 aliphatic heterocycles. The van der Waals surface area contributed by atoms with Gasteiger partial charge in [-0.1, -0.05) is 44.8 Å². The van der Waals surface area contributed by atoms with E-state index in [1.165, 1.54) is 6.20 Å². The number of hydrogen-bond acceptors (Lipinski definition) is 11. The van der Waals surface area contributed by atoms with Crippen molar-refractivity contribution >= 4 is 63.9 Å². The van der Waals surface area contributed by atoms with Crippen LogP contribution in [0.15, 0.2) is 60.4 Å². The number of methoxy groups -OCH3 is 1. The molecule has 2 aromatic carbocycles. The fraction of sp³-hybridized carbons (Fsp3) is 0.400. The lowest BCUT2D eigenvalue weighted by atomic mass is 9.91. The average Bonchev–Trinajstić information content (AvgIpc) is 3.70. The highest BCUT2D eigenvalue weighted by Crippen LogP contribution is 2.35. The summed E-state index contributed by atoms with van der Waals surface area (Å²) in [5, 5.41) is 13.3. The Labute approximate surface area is 290 Å². The SMILES string of the molecule is COc1ccc(CNc2nn(COCC[Si](C)(C)C)c3c(NC(=O)C(=O)ON4CC(C)CCC4c4ccc5scnc5c4)cncc23)cc1. The van der Waals surface area contributed by atoms with Crippen LogP contribution in [0.5, 0.6) is 5.75 Å². The molecule has 4 heterocycles. The number of amides is 1. The molecule has 0 aliphatic carbocycles. The first kappa shape index (κ1) is 34.5. The number of benzene rings is 2. The summed E-state index contributed by atoms with van der Waals surface area (Å²) >= 11 is 1.58. The second-order valence-corrected chi connectivity index (χ2v) is 20.2. The van der Waals surface area contributed by atoms with E-state index in [1.54, 1.807) is 34.4 Å². The molecule has 3 aromatic heterocycles. The third-order valence-electron chi connectivity index (χ3n) is 8.63. The van der Waals surface area contributed by atoms with Crippen molar-refractivity contribution in [3.63, 3.8) is 0 Å². The zero-order valence-corrected chi connectivity index (χ0v) is 30.4. The number of rotatable bonds is 12. The van der Waals surface area contributed by atoms with Crippen molar-refractivity contribution in [3.05, 3.63) is 71.5 Å². The van der Waals surface area contributed by atoms with E-state index in [2.05, 4.69) is 47.2 Å². The first-order valence-corrected chi connectivity index (χ1v) is 21.1. The molecule has 2 N–H and O–H groups in total. The Balaban J connectivity index is 1.21.